The van der Waals surface area contributed by atoms with Crippen molar-refractivity contribution < 1.29 is 9.53 Å². The number of halogens is 2. The summed E-state index contributed by atoms with van der Waals surface area (Å²) in [7, 11) is 0. The Hall–Kier alpha value is -0.770. The van der Waals surface area contributed by atoms with Crippen LogP contribution in [0.3, 0.4) is 0 Å². The molecule has 1 atom stereocenters. The number of carbonyl (C=O) groups excluding carboxylic acids is 1. The highest BCUT2D eigenvalue weighted by atomic mass is 35.5. The molecule has 0 amide bonds. The second kappa shape index (κ2) is 7.49. The first kappa shape index (κ1) is 15.2. The molecule has 0 fully saturated rings. The quantitative estimate of drug-likeness (QED) is 0.848. The third-order valence-electron chi connectivity index (χ3n) is 1.93. The third kappa shape index (κ3) is 4.84. The molecule has 1 aromatic carbocycles. The van der Waals surface area contributed by atoms with Crippen molar-refractivity contribution in [2.45, 2.75) is 19.4 Å². The van der Waals surface area contributed by atoms with Gasteiger partial charge in [-0.05, 0) is 31.0 Å². The summed E-state index contributed by atoms with van der Waals surface area (Å²) in [5, 5.41) is 0.642. The maximum Gasteiger partial charge on any atom is 0.323 e. The standard InChI is InChI=1S/C11H14ClNO2.ClH/c1-2-15-11(14)10(13)7-8-4-3-5-9(12)6-8;/h3-6,10H,2,7,13H2,1H3;1H. The first-order chi connectivity index (χ1) is 7.13. The largest absolute Gasteiger partial charge is 0.465 e. The molecule has 1 aromatic rings. The van der Waals surface area contributed by atoms with Gasteiger partial charge >= 0.3 is 5.97 Å². The van der Waals surface area contributed by atoms with E-state index < -0.39 is 6.04 Å². The van der Waals surface area contributed by atoms with Crippen LogP contribution in [0.1, 0.15) is 12.5 Å². The molecule has 0 radical (unpaired) electrons. The van der Waals surface area contributed by atoms with E-state index in [4.69, 9.17) is 22.1 Å². The molecule has 0 aliphatic rings. The van der Waals surface area contributed by atoms with E-state index in [2.05, 4.69) is 0 Å². The lowest BCUT2D eigenvalue weighted by Gasteiger charge is -2.10. The molecule has 0 saturated heterocycles. The zero-order chi connectivity index (χ0) is 11.3. The number of hydrogen-bond acceptors (Lipinski definition) is 3. The maximum atomic E-state index is 11.3. The third-order valence-corrected chi connectivity index (χ3v) is 2.17. The molecule has 0 saturated carbocycles. The van der Waals surface area contributed by atoms with Crippen molar-refractivity contribution in [2.75, 3.05) is 6.61 Å². The van der Waals surface area contributed by atoms with Crippen LogP contribution in [0.4, 0.5) is 0 Å². The molecule has 0 spiro atoms. The van der Waals surface area contributed by atoms with Gasteiger partial charge in [-0.2, -0.15) is 0 Å². The highest BCUT2D eigenvalue weighted by molar-refractivity contribution is 6.30. The minimum absolute atomic E-state index is 0. The van der Waals surface area contributed by atoms with Crippen LogP contribution >= 0.6 is 24.0 Å². The van der Waals surface area contributed by atoms with E-state index in [9.17, 15) is 4.79 Å². The van der Waals surface area contributed by atoms with Gasteiger partial charge in [0.25, 0.3) is 0 Å². The summed E-state index contributed by atoms with van der Waals surface area (Å²) < 4.78 is 4.81. The minimum Gasteiger partial charge on any atom is -0.465 e. The van der Waals surface area contributed by atoms with Crippen LogP contribution in [0.15, 0.2) is 24.3 Å². The zero-order valence-electron chi connectivity index (χ0n) is 8.98. The number of ether oxygens (including phenoxy) is 1. The molecule has 5 heteroatoms. The Morgan fingerprint density at radius 1 is 1.56 bits per heavy atom. The van der Waals surface area contributed by atoms with Gasteiger partial charge in [-0.3, -0.25) is 4.79 Å². The molecule has 0 aromatic heterocycles. The van der Waals surface area contributed by atoms with Crippen LogP contribution in [-0.4, -0.2) is 18.6 Å². The van der Waals surface area contributed by atoms with Crippen LogP contribution in [-0.2, 0) is 16.0 Å². The SMILES string of the molecule is CCOC(=O)C(N)Cc1cccc(Cl)c1.Cl. The summed E-state index contributed by atoms with van der Waals surface area (Å²) in [4.78, 5) is 11.3. The predicted molar refractivity (Wildman–Crippen MR) is 67.0 cm³/mol. The summed E-state index contributed by atoms with van der Waals surface area (Å²) in [5.74, 6) is -0.377. The Labute approximate surface area is 106 Å². The van der Waals surface area contributed by atoms with E-state index in [1.54, 1.807) is 19.1 Å². The monoisotopic (exact) mass is 263 g/mol. The predicted octanol–water partition coefficient (Wildman–Crippen LogP) is 2.19. The van der Waals surface area contributed by atoms with Crippen molar-refractivity contribution >= 4 is 30.0 Å². The molecule has 90 valence electrons. The van der Waals surface area contributed by atoms with Crippen LogP contribution in [0.5, 0.6) is 0 Å². The van der Waals surface area contributed by atoms with E-state index in [0.29, 0.717) is 18.1 Å². The van der Waals surface area contributed by atoms with Gasteiger partial charge < -0.3 is 10.5 Å². The molecule has 1 rings (SSSR count). The molecule has 0 bridgehead atoms. The smallest absolute Gasteiger partial charge is 0.323 e. The maximum absolute atomic E-state index is 11.3. The number of hydrogen-bond donors (Lipinski definition) is 1. The number of nitrogens with two attached hydrogens (primary N) is 1. The number of benzene rings is 1. The fourth-order valence-electron chi connectivity index (χ4n) is 1.25. The molecule has 16 heavy (non-hydrogen) atoms. The minimum atomic E-state index is -0.622. The molecule has 3 nitrogen and oxygen atoms in total. The molecule has 1 unspecified atom stereocenters. The summed E-state index contributed by atoms with van der Waals surface area (Å²) >= 11 is 5.81. The molecule has 0 aliphatic carbocycles. The fourth-order valence-corrected chi connectivity index (χ4v) is 1.46. The molecule has 0 aliphatic heterocycles. The van der Waals surface area contributed by atoms with Crippen LogP contribution in [0.2, 0.25) is 5.02 Å². The Balaban J connectivity index is 0.00000225. The molecular weight excluding hydrogens is 249 g/mol. The normalized spacial score (nSPS) is 11.4. The van der Waals surface area contributed by atoms with Gasteiger partial charge in [-0.1, -0.05) is 23.7 Å². The molecule has 2 N–H and O–H groups in total. The van der Waals surface area contributed by atoms with Gasteiger partial charge in [-0.25, -0.2) is 0 Å². The topological polar surface area (TPSA) is 52.3 Å². The van der Waals surface area contributed by atoms with Crippen LogP contribution in [0.25, 0.3) is 0 Å². The van der Waals surface area contributed by atoms with Crippen molar-refractivity contribution in [3.05, 3.63) is 34.9 Å². The van der Waals surface area contributed by atoms with Crippen molar-refractivity contribution in [3.8, 4) is 0 Å². The van der Waals surface area contributed by atoms with Crippen molar-refractivity contribution in [3.63, 3.8) is 0 Å². The lowest BCUT2D eigenvalue weighted by Crippen LogP contribution is -2.34. The Morgan fingerprint density at radius 3 is 2.81 bits per heavy atom. The van der Waals surface area contributed by atoms with Gasteiger partial charge in [0.2, 0.25) is 0 Å². The van der Waals surface area contributed by atoms with Crippen LogP contribution < -0.4 is 5.73 Å². The second-order valence-corrected chi connectivity index (χ2v) is 3.63. The first-order valence-corrected chi connectivity index (χ1v) is 5.18. The average Bonchev–Trinajstić information content (AvgIpc) is 2.18. The van der Waals surface area contributed by atoms with Crippen LogP contribution in [0, 0.1) is 0 Å². The number of rotatable bonds is 4. The van der Waals surface area contributed by atoms with Gasteiger partial charge in [0.05, 0.1) is 6.61 Å². The Kier molecular flexibility index (Phi) is 7.13. The lowest BCUT2D eigenvalue weighted by molar-refractivity contribution is -0.144. The van der Waals surface area contributed by atoms with E-state index in [-0.39, 0.29) is 18.4 Å². The fraction of sp³-hybridized carbons (Fsp3) is 0.364. The van der Waals surface area contributed by atoms with Gasteiger partial charge in [0.1, 0.15) is 6.04 Å². The summed E-state index contributed by atoms with van der Waals surface area (Å²) in [6, 6.07) is 6.66. The van der Waals surface area contributed by atoms with Crippen molar-refractivity contribution in [1.29, 1.82) is 0 Å². The van der Waals surface area contributed by atoms with Gasteiger partial charge in [-0.15, -0.1) is 12.4 Å². The summed E-state index contributed by atoms with van der Waals surface area (Å²) in [5.41, 5.74) is 6.60. The van der Waals surface area contributed by atoms with E-state index in [1.807, 2.05) is 12.1 Å². The van der Waals surface area contributed by atoms with E-state index >= 15 is 0 Å². The van der Waals surface area contributed by atoms with Crippen molar-refractivity contribution in [1.82, 2.24) is 0 Å². The zero-order valence-corrected chi connectivity index (χ0v) is 10.6. The van der Waals surface area contributed by atoms with E-state index in [1.165, 1.54) is 0 Å². The Morgan fingerprint density at radius 2 is 2.25 bits per heavy atom. The highest BCUT2D eigenvalue weighted by Gasteiger charge is 2.14. The van der Waals surface area contributed by atoms with Gasteiger partial charge in [0.15, 0.2) is 0 Å². The summed E-state index contributed by atoms with van der Waals surface area (Å²) in [6.07, 6.45) is 0.444. The van der Waals surface area contributed by atoms with Crippen molar-refractivity contribution in [2.24, 2.45) is 5.73 Å². The number of carbonyl (C=O) groups is 1. The molecular formula is C11H15Cl2NO2. The lowest BCUT2D eigenvalue weighted by atomic mass is 10.1. The highest BCUT2D eigenvalue weighted by Crippen LogP contribution is 2.12. The molecule has 0 heterocycles. The Bertz CT molecular complexity index is 345. The first-order valence-electron chi connectivity index (χ1n) is 4.80. The second-order valence-electron chi connectivity index (χ2n) is 3.19. The average molecular weight is 264 g/mol. The summed E-state index contributed by atoms with van der Waals surface area (Å²) in [6.45, 7) is 2.10. The van der Waals surface area contributed by atoms with E-state index in [0.717, 1.165) is 5.56 Å². The number of esters is 1. The van der Waals surface area contributed by atoms with Gasteiger partial charge in [0, 0.05) is 5.02 Å².